The van der Waals surface area contributed by atoms with Gasteiger partial charge in [-0.15, -0.1) is 11.3 Å². The number of rotatable bonds is 6. The standard InChI is InChI=1S/C25H30FN3O5S2/c1-16-6-8-21(35-16)23(31)28-25(11-4-3-5-12-25)24(32)27-18-10-13-29(15-20(18)30)19-14-17(26)7-9-22(19)36(2,33)34/h6-9,14,18H,3-5,10-13,15H2,1-2H3,(H,27,32)(H,28,31). The number of anilines is 1. The van der Waals surface area contributed by atoms with E-state index in [2.05, 4.69) is 10.6 Å². The summed E-state index contributed by atoms with van der Waals surface area (Å²) in [6, 6.07) is 6.20. The van der Waals surface area contributed by atoms with Crippen LogP contribution in [0, 0.1) is 12.7 Å². The smallest absolute Gasteiger partial charge is 0.262 e. The Morgan fingerprint density at radius 1 is 1.14 bits per heavy atom. The summed E-state index contributed by atoms with van der Waals surface area (Å²) < 4.78 is 38.3. The molecule has 1 aliphatic heterocycles. The van der Waals surface area contributed by atoms with Crippen molar-refractivity contribution >= 4 is 44.5 Å². The highest BCUT2D eigenvalue weighted by Gasteiger charge is 2.43. The number of amides is 2. The van der Waals surface area contributed by atoms with Crippen molar-refractivity contribution in [2.75, 3.05) is 24.2 Å². The van der Waals surface area contributed by atoms with E-state index in [-0.39, 0.29) is 47.7 Å². The van der Waals surface area contributed by atoms with Gasteiger partial charge < -0.3 is 15.5 Å². The third kappa shape index (κ3) is 5.62. The van der Waals surface area contributed by atoms with Gasteiger partial charge in [0.15, 0.2) is 15.6 Å². The van der Waals surface area contributed by atoms with Crippen molar-refractivity contribution in [3.63, 3.8) is 0 Å². The van der Waals surface area contributed by atoms with Crippen LogP contribution >= 0.6 is 11.3 Å². The van der Waals surface area contributed by atoms with Gasteiger partial charge in [-0.2, -0.15) is 0 Å². The molecule has 0 radical (unpaired) electrons. The van der Waals surface area contributed by atoms with Gasteiger partial charge in [-0.05, 0) is 56.5 Å². The maximum absolute atomic E-state index is 13.9. The minimum atomic E-state index is -3.63. The largest absolute Gasteiger partial charge is 0.363 e. The van der Waals surface area contributed by atoms with Crippen LogP contribution in [0.1, 0.15) is 53.1 Å². The number of thiophene rings is 1. The molecule has 2 N–H and O–H groups in total. The van der Waals surface area contributed by atoms with E-state index in [1.54, 1.807) is 6.07 Å². The normalized spacial score (nSPS) is 20.1. The van der Waals surface area contributed by atoms with E-state index in [1.165, 1.54) is 22.3 Å². The predicted octanol–water partition coefficient (Wildman–Crippen LogP) is 3.00. The van der Waals surface area contributed by atoms with E-state index in [4.69, 9.17) is 0 Å². The quantitative estimate of drug-likeness (QED) is 0.550. The fourth-order valence-corrected chi connectivity index (χ4v) is 6.57. The maximum atomic E-state index is 13.9. The molecule has 2 aliphatic rings. The van der Waals surface area contributed by atoms with Gasteiger partial charge >= 0.3 is 0 Å². The van der Waals surface area contributed by atoms with Crippen molar-refractivity contribution in [3.8, 4) is 0 Å². The van der Waals surface area contributed by atoms with Crippen LogP contribution in [0.15, 0.2) is 35.2 Å². The Bertz CT molecular complexity index is 1280. The molecule has 1 saturated heterocycles. The number of benzene rings is 1. The van der Waals surface area contributed by atoms with E-state index in [9.17, 15) is 27.2 Å². The number of carbonyl (C=O) groups excluding carboxylic acids is 3. The molecule has 1 aromatic carbocycles. The zero-order valence-corrected chi connectivity index (χ0v) is 21.9. The highest BCUT2D eigenvalue weighted by Crippen LogP contribution is 2.31. The van der Waals surface area contributed by atoms with Gasteiger partial charge in [-0.25, -0.2) is 12.8 Å². The van der Waals surface area contributed by atoms with Crippen molar-refractivity contribution < 1.29 is 27.2 Å². The molecule has 0 spiro atoms. The van der Waals surface area contributed by atoms with E-state index in [0.29, 0.717) is 17.7 Å². The third-order valence-electron chi connectivity index (χ3n) is 6.85. The molecule has 1 unspecified atom stereocenters. The van der Waals surface area contributed by atoms with E-state index < -0.39 is 27.2 Å². The van der Waals surface area contributed by atoms with Crippen molar-refractivity contribution in [2.24, 2.45) is 0 Å². The molecule has 1 saturated carbocycles. The number of hydrogen-bond acceptors (Lipinski definition) is 7. The first-order valence-corrected chi connectivity index (χ1v) is 14.7. The van der Waals surface area contributed by atoms with Crippen molar-refractivity contribution in [1.82, 2.24) is 10.6 Å². The van der Waals surface area contributed by atoms with Gasteiger partial charge in [-0.1, -0.05) is 19.3 Å². The topological polar surface area (TPSA) is 113 Å². The third-order valence-corrected chi connectivity index (χ3v) is 8.99. The Hall–Kier alpha value is -2.79. The molecular weight excluding hydrogens is 505 g/mol. The van der Waals surface area contributed by atoms with E-state index in [1.807, 2.05) is 13.0 Å². The summed E-state index contributed by atoms with van der Waals surface area (Å²) in [7, 11) is -3.63. The predicted molar refractivity (Wildman–Crippen MR) is 136 cm³/mol. The molecular formula is C25H30FN3O5S2. The van der Waals surface area contributed by atoms with Gasteiger partial charge in [0.05, 0.1) is 28.0 Å². The Balaban J connectivity index is 1.48. The molecule has 1 aliphatic carbocycles. The summed E-state index contributed by atoms with van der Waals surface area (Å²) in [6.45, 7) is 2.01. The fourth-order valence-electron chi connectivity index (χ4n) is 4.93. The molecule has 2 aromatic rings. The molecule has 11 heteroatoms. The van der Waals surface area contributed by atoms with Crippen LogP contribution < -0.4 is 15.5 Å². The first kappa shape index (κ1) is 26.3. The number of Topliss-reactive ketones (excluding diaryl/α,β-unsaturated/α-hetero) is 1. The summed E-state index contributed by atoms with van der Waals surface area (Å²) in [4.78, 5) is 42.4. The summed E-state index contributed by atoms with van der Waals surface area (Å²) >= 11 is 1.36. The number of piperidine rings is 1. The Labute approximate surface area is 214 Å². The maximum Gasteiger partial charge on any atom is 0.262 e. The molecule has 1 atom stereocenters. The number of ketones is 1. The molecule has 2 amide bonds. The van der Waals surface area contributed by atoms with E-state index >= 15 is 0 Å². The number of nitrogens with zero attached hydrogens (tertiary/aromatic N) is 1. The highest BCUT2D eigenvalue weighted by molar-refractivity contribution is 7.90. The molecule has 2 heterocycles. The van der Waals surface area contributed by atoms with Crippen LogP contribution in [-0.4, -0.2) is 56.9 Å². The van der Waals surface area contributed by atoms with Gasteiger partial charge in [-0.3, -0.25) is 14.4 Å². The highest BCUT2D eigenvalue weighted by atomic mass is 32.2. The van der Waals surface area contributed by atoms with Gasteiger partial charge in [0.2, 0.25) is 5.91 Å². The molecule has 194 valence electrons. The molecule has 8 nitrogen and oxygen atoms in total. The zero-order chi connectivity index (χ0) is 26.1. The SMILES string of the molecule is Cc1ccc(C(=O)NC2(C(=O)NC3CCN(c4cc(F)ccc4S(C)(=O)=O)CC3=O)CCCCC2)s1. The number of sulfone groups is 1. The molecule has 4 rings (SSSR count). The number of halogens is 1. The second-order valence-electron chi connectivity index (χ2n) is 9.59. The van der Waals surface area contributed by atoms with Crippen LogP contribution in [-0.2, 0) is 19.4 Å². The summed E-state index contributed by atoms with van der Waals surface area (Å²) in [5.41, 5.74) is -0.950. The van der Waals surface area contributed by atoms with Crippen LogP contribution in [0.25, 0.3) is 0 Å². The number of nitrogens with one attached hydrogen (secondary N) is 2. The van der Waals surface area contributed by atoms with Crippen LogP contribution in [0.3, 0.4) is 0 Å². The molecule has 1 aromatic heterocycles. The second kappa shape index (κ2) is 10.3. The first-order chi connectivity index (χ1) is 17.0. The Kier molecular flexibility index (Phi) is 7.51. The summed E-state index contributed by atoms with van der Waals surface area (Å²) in [5.74, 6) is -1.58. The number of carbonyl (C=O) groups is 3. The average Bonchev–Trinajstić information content (AvgIpc) is 3.26. The van der Waals surface area contributed by atoms with Crippen LogP contribution in [0.4, 0.5) is 10.1 Å². The molecule has 36 heavy (non-hydrogen) atoms. The minimum absolute atomic E-state index is 0.0492. The van der Waals surface area contributed by atoms with Crippen molar-refractivity contribution in [1.29, 1.82) is 0 Å². The van der Waals surface area contributed by atoms with Gasteiger partial charge in [0, 0.05) is 17.7 Å². The van der Waals surface area contributed by atoms with Gasteiger partial charge in [0.1, 0.15) is 11.4 Å². The fraction of sp³-hybridized carbons (Fsp3) is 0.480. The summed E-state index contributed by atoms with van der Waals surface area (Å²) in [6.07, 6.45) is 4.80. The molecule has 2 fully saturated rings. The average molecular weight is 536 g/mol. The lowest BCUT2D eigenvalue weighted by Gasteiger charge is -2.39. The summed E-state index contributed by atoms with van der Waals surface area (Å²) in [5, 5.41) is 5.81. The lowest BCUT2D eigenvalue weighted by Crippen LogP contribution is -2.63. The number of hydrogen-bond donors (Lipinski definition) is 2. The lowest BCUT2D eigenvalue weighted by atomic mass is 9.80. The first-order valence-electron chi connectivity index (χ1n) is 12.0. The van der Waals surface area contributed by atoms with E-state index in [0.717, 1.165) is 42.5 Å². The lowest BCUT2D eigenvalue weighted by molar-refractivity contribution is -0.133. The number of aryl methyl sites for hydroxylation is 1. The van der Waals surface area contributed by atoms with Crippen molar-refractivity contribution in [3.05, 3.63) is 45.9 Å². The Morgan fingerprint density at radius 3 is 2.47 bits per heavy atom. The van der Waals surface area contributed by atoms with Gasteiger partial charge in [0.25, 0.3) is 5.91 Å². The molecule has 0 bridgehead atoms. The van der Waals surface area contributed by atoms with Crippen LogP contribution in [0.5, 0.6) is 0 Å². The van der Waals surface area contributed by atoms with Crippen LogP contribution in [0.2, 0.25) is 0 Å². The minimum Gasteiger partial charge on any atom is -0.363 e. The van der Waals surface area contributed by atoms with Crippen molar-refractivity contribution in [2.45, 2.75) is 61.9 Å². The zero-order valence-electron chi connectivity index (χ0n) is 20.3. The monoisotopic (exact) mass is 535 g/mol. The second-order valence-corrected chi connectivity index (χ2v) is 12.9. The Morgan fingerprint density at radius 2 is 1.86 bits per heavy atom.